The summed E-state index contributed by atoms with van der Waals surface area (Å²) in [5, 5.41) is 2.46. The van der Waals surface area contributed by atoms with E-state index < -0.39 is 5.91 Å². The summed E-state index contributed by atoms with van der Waals surface area (Å²) in [4.78, 5) is 10.4. The maximum absolute atomic E-state index is 10.3. The van der Waals surface area contributed by atoms with Crippen molar-refractivity contribution in [2.45, 2.75) is 0 Å². The summed E-state index contributed by atoms with van der Waals surface area (Å²) in [6.45, 7) is 0. The summed E-state index contributed by atoms with van der Waals surface area (Å²) >= 11 is 4.47. The van der Waals surface area contributed by atoms with Crippen molar-refractivity contribution in [1.82, 2.24) is 10.7 Å². The molecule has 0 aliphatic rings. The highest BCUT2D eigenvalue weighted by Gasteiger charge is 2.00. The SMILES string of the molecule is CNC(=S)C(=O)NN. The lowest BCUT2D eigenvalue weighted by atomic mass is 10.6. The fourth-order valence-electron chi connectivity index (χ4n) is 0.179. The third kappa shape index (κ3) is 1.85. The highest BCUT2D eigenvalue weighted by molar-refractivity contribution is 7.82. The highest BCUT2D eigenvalue weighted by atomic mass is 32.1. The van der Waals surface area contributed by atoms with Gasteiger partial charge in [-0.1, -0.05) is 12.2 Å². The number of nitrogens with one attached hydrogen (secondary N) is 2. The van der Waals surface area contributed by atoms with Crippen LogP contribution in [0.15, 0.2) is 0 Å². The van der Waals surface area contributed by atoms with Crippen LogP contribution >= 0.6 is 12.2 Å². The molecule has 4 nitrogen and oxygen atoms in total. The van der Waals surface area contributed by atoms with Gasteiger partial charge in [-0.2, -0.15) is 0 Å². The second-order valence-electron chi connectivity index (χ2n) is 1.05. The number of carbonyl (C=O) groups is 1. The molecule has 0 unspecified atom stereocenters. The molecule has 0 aromatic carbocycles. The molecular weight excluding hydrogens is 126 g/mol. The molecule has 0 aliphatic heterocycles. The fraction of sp³-hybridized carbons (Fsp3) is 0.333. The number of thiocarbonyl (C=S) groups is 1. The molecule has 0 heterocycles. The van der Waals surface area contributed by atoms with Gasteiger partial charge in [-0.15, -0.1) is 0 Å². The molecule has 0 saturated heterocycles. The first-order valence-corrected chi connectivity index (χ1v) is 2.36. The van der Waals surface area contributed by atoms with Crippen molar-refractivity contribution in [3.63, 3.8) is 0 Å². The Bertz CT molecular complexity index is 99.1. The third-order valence-corrected chi connectivity index (χ3v) is 0.954. The number of rotatable bonds is 0. The molecule has 0 rings (SSSR count). The largest absolute Gasteiger partial charge is 0.375 e. The second-order valence-corrected chi connectivity index (χ2v) is 1.46. The van der Waals surface area contributed by atoms with E-state index in [1.54, 1.807) is 7.05 Å². The van der Waals surface area contributed by atoms with Gasteiger partial charge in [0, 0.05) is 7.05 Å². The van der Waals surface area contributed by atoms with Gasteiger partial charge in [0.2, 0.25) is 0 Å². The molecule has 1 amide bonds. The Hall–Kier alpha value is -0.680. The van der Waals surface area contributed by atoms with E-state index in [0.29, 0.717) is 0 Å². The Morgan fingerprint density at radius 1 is 1.75 bits per heavy atom. The second kappa shape index (κ2) is 3.34. The van der Waals surface area contributed by atoms with E-state index in [-0.39, 0.29) is 4.99 Å². The number of hydrogen-bond donors (Lipinski definition) is 3. The number of hydrogen-bond acceptors (Lipinski definition) is 3. The van der Waals surface area contributed by atoms with Crippen LogP contribution in [-0.2, 0) is 4.79 Å². The lowest BCUT2D eigenvalue weighted by molar-refractivity contribution is -0.114. The van der Waals surface area contributed by atoms with E-state index in [2.05, 4.69) is 17.5 Å². The molecule has 0 radical (unpaired) electrons. The Kier molecular flexibility index (Phi) is 3.05. The predicted octanol–water partition coefficient (Wildman–Crippen LogP) is -1.48. The monoisotopic (exact) mass is 133 g/mol. The first kappa shape index (κ1) is 7.32. The zero-order chi connectivity index (χ0) is 6.57. The van der Waals surface area contributed by atoms with Crippen molar-refractivity contribution in [3.8, 4) is 0 Å². The van der Waals surface area contributed by atoms with Gasteiger partial charge in [-0.05, 0) is 0 Å². The molecule has 0 aromatic heterocycles. The summed E-state index contributed by atoms with van der Waals surface area (Å²) in [6, 6.07) is 0. The minimum atomic E-state index is -0.470. The van der Waals surface area contributed by atoms with Gasteiger partial charge < -0.3 is 5.32 Å². The smallest absolute Gasteiger partial charge is 0.292 e. The third-order valence-electron chi connectivity index (χ3n) is 0.564. The minimum Gasteiger partial charge on any atom is -0.375 e. The van der Waals surface area contributed by atoms with Crippen LogP contribution in [0.5, 0.6) is 0 Å². The van der Waals surface area contributed by atoms with Crippen LogP contribution in [0.1, 0.15) is 0 Å². The van der Waals surface area contributed by atoms with Crippen LogP contribution in [0, 0.1) is 0 Å². The Morgan fingerprint density at radius 3 is 2.38 bits per heavy atom. The normalized spacial score (nSPS) is 7.75. The summed E-state index contributed by atoms with van der Waals surface area (Å²) in [5.41, 5.74) is 1.87. The first-order valence-electron chi connectivity index (χ1n) is 1.95. The van der Waals surface area contributed by atoms with E-state index in [4.69, 9.17) is 5.84 Å². The number of likely N-dealkylation sites (N-methyl/N-ethyl adjacent to an activating group) is 1. The van der Waals surface area contributed by atoms with Crippen LogP contribution < -0.4 is 16.6 Å². The van der Waals surface area contributed by atoms with E-state index in [9.17, 15) is 4.79 Å². The topological polar surface area (TPSA) is 67.2 Å². The zero-order valence-corrected chi connectivity index (χ0v) is 5.21. The Labute approximate surface area is 52.4 Å². The standard InChI is InChI=1S/C3H7N3OS/c1-5-3(8)2(7)6-4/h4H2,1H3,(H,5,8)(H,6,7). The van der Waals surface area contributed by atoms with Crippen LogP contribution in [0.2, 0.25) is 0 Å². The van der Waals surface area contributed by atoms with Gasteiger partial charge in [-0.25, -0.2) is 5.84 Å². The molecular formula is C3H7N3OS. The number of hydrazine groups is 1. The molecule has 0 aliphatic carbocycles. The maximum Gasteiger partial charge on any atom is 0.292 e. The van der Waals surface area contributed by atoms with Crippen molar-refractivity contribution in [2.24, 2.45) is 5.84 Å². The lowest BCUT2D eigenvalue weighted by Crippen LogP contribution is -2.40. The summed E-state index contributed by atoms with van der Waals surface area (Å²) in [5.74, 6) is 4.25. The molecule has 0 saturated carbocycles. The molecule has 4 N–H and O–H groups in total. The maximum atomic E-state index is 10.3. The van der Waals surface area contributed by atoms with Crippen molar-refractivity contribution >= 4 is 23.1 Å². The van der Waals surface area contributed by atoms with E-state index in [0.717, 1.165) is 0 Å². The van der Waals surface area contributed by atoms with Crippen LogP contribution in [0.3, 0.4) is 0 Å². The van der Waals surface area contributed by atoms with Crippen molar-refractivity contribution in [3.05, 3.63) is 0 Å². The van der Waals surface area contributed by atoms with Crippen LogP contribution in [-0.4, -0.2) is 17.9 Å². The molecule has 0 fully saturated rings. The number of carbonyl (C=O) groups excluding carboxylic acids is 1. The van der Waals surface area contributed by atoms with Crippen LogP contribution in [0.25, 0.3) is 0 Å². The minimum absolute atomic E-state index is 0.0903. The quantitative estimate of drug-likeness (QED) is 0.163. The predicted molar refractivity (Wildman–Crippen MR) is 34.0 cm³/mol. The van der Waals surface area contributed by atoms with Gasteiger partial charge in [0.25, 0.3) is 5.91 Å². The summed E-state index contributed by atoms with van der Waals surface area (Å²) < 4.78 is 0. The lowest BCUT2D eigenvalue weighted by Gasteiger charge is -1.97. The molecule has 0 atom stereocenters. The average molecular weight is 133 g/mol. The van der Waals surface area contributed by atoms with E-state index in [1.165, 1.54) is 0 Å². The van der Waals surface area contributed by atoms with Crippen molar-refractivity contribution in [1.29, 1.82) is 0 Å². The molecule has 5 heteroatoms. The van der Waals surface area contributed by atoms with Gasteiger partial charge in [-0.3, -0.25) is 10.2 Å². The van der Waals surface area contributed by atoms with E-state index >= 15 is 0 Å². The molecule has 46 valence electrons. The van der Waals surface area contributed by atoms with Gasteiger partial charge in [0.15, 0.2) is 4.99 Å². The Morgan fingerprint density at radius 2 is 2.25 bits per heavy atom. The fourth-order valence-corrected chi connectivity index (χ4v) is 0.238. The summed E-state index contributed by atoms with van der Waals surface area (Å²) in [6.07, 6.45) is 0. The molecule has 0 spiro atoms. The van der Waals surface area contributed by atoms with Crippen molar-refractivity contribution in [2.75, 3.05) is 7.05 Å². The zero-order valence-electron chi connectivity index (χ0n) is 4.39. The molecule has 0 bridgehead atoms. The number of nitrogens with two attached hydrogens (primary N) is 1. The highest BCUT2D eigenvalue weighted by Crippen LogP contribution is 1.65. The summed E-state index contributed by atoms with van der Waals surface area (Å²) in [7, 11) is 1.55. The Balaban J connectivity index is 3.64. The first-order chi connectivity index (χ1) is 3.72. The van der Waals surface area contributed by atoms with Gasteiger partial charge in [0.05, 0.1) is 0 Å². The molecule has 8 heavy (non-hydrogen) atoms. The van der Waals surface area contributed by atoms with Crippen LogP contribution in [0.4, 0.5) is 0 Å². The number of amides is 1. The molecule has 0 aromatic rings. The van der Waals surface area contributed by atoms with Crippen molar-refractivity contribution < 1.29 is 4.79 Å². The van der Waals surface area contributed by atoms with E-state index in [1.807, 2.05) is 5.43 Å². The van der Waals surface area contributed by atoms with Gasteiger partial charge >= 0.3 is 0 Å². The average Bonchev–Trinajstić information content (AvgIpc) is 1.84. The van der Waals surface area contributed by atoms with Gasteiger partial charge in [0.1, 0.15) is 0 Å².